The van der Waals surface area contributed by atoms with E-state index in [0.717, 1.165) is 48.6 Å². The van der Waals surface area contributed by atoms with E-state index in [1.165, 1.54) is 128 Å². The highest BCUT2D eigenvalue weighted by Crippen LogP contribution is 2.36. The van der Waals surface area contributed by atoms with E-state index in [2.05, 4.69) is 13.8 Å². The fraction of sp³-hybridized carbons (Fsp3) is 0.622. The van der Waals surface area contributed by atoms with Crippen LogP contribution in [0.15, 0.2) is 48.5 Å². The topological polar surface area (TPSA) is 66.8 Å². The van der Waals surface area contributed by atoms with E-state index in [-0.39, 0.29) is 22.8 Å². The van der Waals surface area contributed by atoms with Gasteiger partial charge in [-0.2, -0.15) is 0 Å². The molecule has 0 heterocycles. The second kappa shape index (κ2) is 25.0. The van der Waals surface area contributed by atoms with Crippen molar-refractivity contribution in [3.63, 3.8) is 0 Å². The molecule has 49 heavy (non-hydrogen) atoms. The maximum atomic E-state index is 13.6. The molecule has 3 rings (SSSR count). The second-order valence-corrected chi connectivity index (χ2v) is 14.4. The number of aryl methyl sites for hydroxylation is 2. The molecule has 0 amide bonds. The molecule has 0 fully saturated rings. The number of rotatable bonds is 28. The maximum absolute atomic E-state index is 13.6. The number of phenols is 2. The Labute approximate surface area is 299 Å². The number of hydrogen-bond donors (Lipinski definition) is 2. The highest BCUT2D eigenvalue weighted by molar-refractivity contribution is 6.08. The lowest BCUT2D eigenvalue weighted by molar-refractivity contribution is 0.0728. The van der Waals surface area contributed by atoms with Crippen LogP contribution in [-0.4, -0.2) is 16.2 Å². The number of aromatic hydroxyl groups is 2. The molecular formula is C45H68O4. The molecule has 0 saturated heterocycles. The molecule has 0 aromatic heterocycles. The molecule has 0 aliphatic carbocycles. The fourth-order valence-corrected chi connectivity index (χ4v) is 7.11. The lowest BCUT2D eigenvalue weighted by Crippen LogP contribution is -2.11. The van der Waals surface area contributed by atoms with Crippen molar-refractivity contribution in [2.45, 2.75) is 181 Å². The van der Waals surface area contributed by atoms with Gasteiger partial charge in [-0.05, 0) is 59.7 Å². The molecule has 4 nitrogen and oxygen atoms in total. The molecule has 0 radical (unpaired) electrons. The van der Waals surface area contributed by atoms with Gasteiger partial charge in [0.25, 0.3) is 0 Å². The molecule has 4 heteroatoms. The van der Waals surface area contributed by atoms with Gasteiger partial charge in [-0.15, -0.1) is 0 Å². The Morgan fingerprint density at radius 3 is 1.47 bits per heavy atom. The van der Waals surface area contributed by atoms with Crippen molar-refractivity contribution in [1.82, 2.24) is 0 Å². The lowest BCUT2D eigenvalue weighted by Gasteiger charge is -2.15. The summed E-state index contributed by atoms with van der Waals surface area (Å²) < 4.78 is 5.80. The van der Waals surface area contributed by atoms with E-state index >= 15 is 0 Å². The van der Waals surface area contributed by atoms with Gasteiger partial charge in [-0.1, -0.05) is 192 Å². The monoisotopic (exact) mass is 673 g/mol. The molecule has 0 spiro atoms. The van der Waals surface area contributed by atoms with E-state index in [4.69, 9.17) is 4.74 Å². The normalized spacial score (nSPS) is 11.4. The van der Waals surface area contributed by atoms with Gasteiger partial charge in [0, 0.05) is 0 Å². The van der Waals surface area contributed by atoms with E-state index in [9.17, 15) is 15.0 Å². The first kappa shape index (κ1) is 40.4. The minimum Gasteiger partial charge on any atom is -0.507 e. The Balaban J connectivity index is 1.45. The number of fused-ring (bicyclic) bond motifs is 1. The van der Waals surface area contributed by atoms with Crippen LogP contribution in [0.5, 0.6) is 17.2 Å². The van der Waals surface area contributed by atoms with E-state index in [0.29, 0.717) is 11.8 Å². The van der Waals surface area contributed by atoms with Gasteiger partial charge in [0.05, 0.1) is 0 Å². The Morgan fingerprint density at radius 2 is 0.959 bits per heavy atom. The SMILES string of the molecule is CCCCCCCCCCCCCCCCc1cccc(OC(=O)c2c(O)c(CCCCCCCCCCCC)cc3ccccc23)c1O. The summed E-state index contributed by atoms with van der Waals surface area (Å²) in [4.78, 5) is 13.6. The molecular weight excluding hydrogens is 604 g/mol. The Morgan fingerprint density at radius 1 is 0.510 bits per heavy atom. The molecule has 0 unspecified atom stereocenters. The van der Waals surface area contributed by atoms with Crippen molar-refractivity contribution >= 4 is 16.7 Å². The van der Waals surface area contributed by atoms with Crippen LogP contribution in [0.4, 0.5) is 0 Å². The second-order valence-electron chi connectivity index (χ2n) is 14.4. The Hall–Kier alpha value is -3.01. The molecule has 0 bridgehead atoms. The fourth-order valence-electron chi connectivity index (χ4n) is 7.11. The number of benzene rings is 3. The quantitative estimate of drug-likeness (QED) is 0.0458. The van der Waals surface area contributed by atoms with Gasteiger partial charge in [-0.3, -0.25) is 0 Å². The standard InChI is InChI=1S/C45H68O4/c1-3-5-7-9-11-13-15-16-17-18-20-21-23-25-30-37-33-29-35-41(43(37)46)49-45(48)42-40-34-28-27-31-38(40)36-39(44(42)47)32-26-24-22-19-14-12-10-8-6-4-2/h27-29,31,33-36,46-47H,3-26,30,32H2,1-2H3. The zero-order valence-electron chi connectivity index (χ0n) is 31.2. The van der Waals surface area contributed by atoms with Gasteiger partial charge < -0.3 is 14.9 Å². The third-order valence-corrected chi connectivity index (χ3v) is 10.2. The van der Waals surface area contributed by atoms with Gasteiger partial charge in [0.2, 0.25) is 0 Å². The van der Waals surface area contributed by atoms with Crippen LogP contribution in [0.1, 0.15) is 189 Å². The summed E-state index contributed by atoms with van der Waals surface area (Å²) in [5.74, 6) is -0.465. The van der Waals surface area contributed by atoms with Gasteiger partial charge in [0.15, 0.2) is 11.5 Å². The summed E-state index contributed by atoms with van der Waals surface area (Å²) in [6.45, 7) is 4.53. The predicted molar refractivity (Wildman–Crippen MR) is 208 cm³/mol. The molecule has 3 aromatic carbocycles. The molecule has 0 aliphatic rings. The number of ether oxygens (including phenoxy) is 1. The first-order valence-electron chi connectivity index (χ1n) is 20.3. The van der Waals surface area contributed by atoms with Crippen LogP contribution < -0.4 is 4.74 Å². The zero-order chi connectivity index (χ0) is 34.9. The van der Waals surface area contributed by atoms with Crippen LogP contribution in [-0.2, 0) is 12.8 Å². The summed E-state index contributed by atoms with van der Waals surface area (Å²) >= 11 is 0. The van der Waals surface area contributed by atoms with Crippen molar-refractivity contribution in [3.05, 3.63) is 65.2 Å². The molecule has 0 aliphatic heterocycles. The van der Waals surface area contributed by atoms with Gasteiger partial charge >= 0.3 is 5.97 Å². The predicted octanol–water partition coefficient (Wildman–Crippen LogP) is 14.0. The van der Waals surface area contributed by atoms with Crippen molar-refractivity contribution in [1.29, 1.82) is 0 Å². The molecule has 272 valence electrons. The van der Waals surface area contributed by atoms with Gasteiger partial charge in [0.1, 0.15) is 11.3 Å². The number of para-hydroxylation sites is 1. The average molecular weight is 673 g/mol. The summed E-state index contributed by atoms with van der Waals surface area (Å²) in [7, 11) is 0. The van der Waals surface area contributed by atoms with Gasteiger partial charge in [-0.25, -0.2) is 4.79 Å². The maximum Gasteiger partial charge on any atom is 0.348 e. The zero-order valence-corrected chi connectivity index (χ0v) is 31.2. The molecule has 0 atom stereocenters. The Kier molecular flexibility index (Phi) is 20.6. The highest BCUT2D eigenvalue weighted by atomic mass is 16.5. The van der Waals surface area contributed by atoms with E-state index < -0.39 is 5.97 Å². The third kappa shape index (κ3) is 15.2. The van der Waals surface area contributed by atoms with E-state index in [1.807, 2.05) is 42.5 Å². The first-order valence-corrected chi connectivity index (χ1v) is 20.3. The van der Waals surface area contributed by atoms with Crippen LogP contribution in [0, 0.1) is 0 Å². The minimum absolute atomic E-state index is 0.00215. The largest absolute Gasteiger partial charge is 0.507 e. The van der Waals surface area contributed by atoms with Crippen molar-refractivity contribution in [2.24, 2.45) is 0 Å². The summed E-state index contributed by atoms with van der Waals surface area (Å²) in [5.41, 5.74) is 1.76. The lowest BCUT2D eigenvalue weighted by atomic mass is 9.96. The number of unbranched alkanes of at least 4 members (excludes halogenated alkanes) is 22. The van der Waals surface area contributed by atoms with Crippen LogP contribution in [0.3, 0.4) is 0 Å². The number of carbonyl (C=O) groups is 1. The van der Waals surface area contributed by atoms with Crippen molar-refractivity contribution in [2.75, 3.05) is 0 Å². The van der Waals surface area contributed by atoms with Crippen molar-refractivity contribution < 1.29 is 19.7 Å². The van der Waals surface area contributed by atoms with Crippen LogP contribution in [0.25, 0.3) is 10.8 Å². The van der Waals surface area contributed by atoms with Crippen LogP contribution >= 0.6 is 0 Å². The summed E-state index contributed by atoms with van der Waals surface area (Å²) in [6.07, 6.45) is 32.3. The summed E-state index contributed by atoms with van der Waals surface area (Å²) in [6, 6.07) is 15.0. The minimum atomic E-state index is -0.637. The highest BCUT2D eigenvalue weighted by Gasteiger charge is 2.22. The molecule has 3 aromatic rings. The summed E-state index contributed by atoms with van der Waals surface area (Å²) in [5, 5.41) is 23.9. The van der Waals surface area contributed by atoms with Crippen molar-refractivity contribution in [3.8, 4) is 17.2 Å². The Bertz CT molecular complexity index is 1330. The first-order chi connectivity index (χ1) is 24.1. The smallest absolute Gasteiger partial charge is 0.348 e. The van der Waals surface area contributed by atoms with Crippen LogP contribution in [0.2, 0.25) is 0 Å². The molecule has 2 N–H and O–H groups in total. The number of phenolic OH excluding ortho intramolecular Hbond substituents is 2. The number of hydrogen-bond acceptors (Lipinski definition) is 4. The molecule has 0 saturated carbocycles. The third-order valence-electron chi connectivity index (χ3n) is 10.2. The number of esters is 1. The van der Waals surface area contributed by atoms with E-state index in [1.54, 1.807) is 6.07 Å². The number of carbonyl (C=O) groups excluding carboxylic acids is 1. The average Bonchev–Trinajstić information content (AvgIpc) is 3.10.